The Morgan fingerprint density at radius 1 is 1.18 bits per heavy atom. The molecule has 148 valence electrons. The summed E-state index contributed by atoms with van der Waals surface area (Å²) in [5, 5.41) is 3.46. The number of hydrogen-bond donors (Lipinski definition) is 2. The van der Waals surface area contributed by atoms with Crippen LogP contribution >= 0.6 is 11.8 Å². The number of nitrogens with two attached hydrogens (primary N) is 1. The molecular formula is C22H28N4OS. The minimum atomic E-state index is 0.0622. The SMILES string of the molecule is CC(=O)c1cccc(NC(=NCCSCCN)N2CCc3ccccc3C2)c1. The third kappa shape index (κ3) is 5.59. The summed E-state index contributed by atoms with van der Waals surface area (Å²) in [6, 6.07) is 16.2. The summed E-state index contributed by atoms with van der Waals surface area (Å²) >= 11 is 1.82. The maximum atomic E-state index is 11.7. The lowest BCUT2D eigenvalue weighted by Crippen LogP contribution is -2.40. The fourth-order valence-corrected chi connectivity index (χ4v) is 3.83. The number of anilines is 1. The molecule has 2 aromatic carbocycles. The molecule has 0 fully saturated rings. The molecule has 0 saturated heterocycles. The predicted molar refractivity (Wildman–Crippen MR) is 119 cm³/mol. The quantitative estimate of drug-likeness (QED) is 0.325. The van der Waals surface area contributed by atoms with Crippen LogP contribution < -0.4 is 11.1 Å². The van der Waals surface area contributed by atoms with E-state index in [0.717, 1.165) is 49.2 Å². The van der Waals surface area contributed by atoms with Crippen molar-refractivity contribution in [2.45, 2.75) is 19.9 Å². The predicted octanol–water partition coefficient (Wildman–Crippen LogP) is 3.41. The zero-order valence-corrected chi connectivity index (χ0v) is 17.2. The second-order valence-electron chi connectivity index (χ2n) is 6.81. The summed E-state index contributed by atoms with van der Waals surface area (Å²) in [5.41, 5.74) is 9.92. The highest BCUT2D eigenvalue weighted by Crippen LogP contribution is 2.20. The van der Waals surface area contributed by atoms with E-state index in [1.165, 1.54) is 11.1 Å². The number of guanidine groups is 1. The number of nitrogens with zero attached hydrogens (tertiary/aromatic N) is 2. The molecule has 0 aromatic heterocycles. The second kappa shape index (κ2) is 10.3. The van der Waals surface area contributed by atoms with Gasteiger partial charge in [0.25, 0.3) is 0 Å². The third-order valence-electron chi connectivity index (χ3n) is 4.71. The summed E-state index contributed by atoms with van der Waals surface area (Å²) in [6.45, 7) is 4.78. The van der Waals surface area contributed by atoms with Gasteiger partial charge < -0.3 is 16.0 Å². The summed E-state index contributed by atoms with van der Waals surface area (Å²) < 4.78 is 0. The van der Waals surface area contributed by atoms with Gasteiger partial charge in [0.05, 0.1) is 6.54 Å². The number of carbonyl (C=O) groups is 1. The van der Waals surface area contributed by atoms with Crippen molar-refractivity contribution in [1.82, 2.24) is 4.90 Å². The number of hydrogen-bond acceptors (Lipinski definition) is 4. The molecule has 0 bridgehead atoms. The summed E-state index contributed by atoms with van der Waals surface area (Å²) in [5.74, 6) is 2.83. The van der Waals surface area contributed by atoms with Crippen LogP contribution in [0, 0.1) is 0 Å². The van der Waals surface area contributed by atoms with Gasteiger partial charge in [0, 0.05) is 42.4 Å². The molecule has 0 amide bonds. The van der Waals surface area contributed by atoms with Crippen molar-refractivity contribution in [2.75, 3.05) is 36.5 Å². The number of thioether (sulfide) groups is 1. The van der Waals surface area contributed by atoms with Gasteiger partial charge in [-0.25, -0.2) is 0 Å². The lowest BCUT2D eigenvalue weighted by atomic mass is 10.0. The maximum Gasteiger partial charge on any atom is 0.198 e. The first-order valence-corrected chi connectivity index (χ1v) is 10.8. The normalized spacial score (nSPS) is 13.9. The van der Waals surface area contributed by atoms with Gasteiger partial charge in [-0.05, 0) is 36.6 Å². The van der Waals surface area contributed by atoms with Crippen LogP contribution in [-0.2, 0) is 13.0 Å². The molecule has 5 nitrogen and oxygen atoms in total. The molecule has 0 spiro atoms. The molecule has 0 saturated carbocycles. The number of nitrogens with one attached hydrogen (secondary N) is 1. The van der Waals surface area contributed by atoms with Gasteiger partial charge >= 0.3 is 0 Å². The molecule has 1 aliphatic rings. The smallest absolute Gasteiger partial charge is 0.198 e. The van der Waals surface area contributed by atoms with Crippen molar-refractivity contribution < 1.29 is 4.79 Å². The number of benzene rings is 2. The standard InChI is InChI=1S/C22H28N4OS/c1-17(27)19-7-4-8-21(15-19)25-22(24-11-14-28-13-10-23)26-12-9-18-5-2-3-6-20(18)16-26/h2-8,15H,9-14,16,23H2,1H3,(H,24,25). The van der Waals surface area contributed by atoms with E-state index in [4.69, 9.17) is 10.7 Å². The van der Waals surface area contributed by atoms with Crippen molar-refractivity contribution in [1.29, 1.82) is 0 Å². The topological polar surface area (TPSA) is 70.7 Å². The van der Waals surface area contributed by atoms with Crippen LogP contribution in [0.15, 0.2) is 53.5 Å². The molecule has 1 aliphatic heterocycles. The van der Waals surface area contributed by atoms with Gasteiger partial charge in [-0.15, -0.1) is 0 Å². The Hall–Kier alpha value is -2.31. The number of Topliss-reactive ketones (excluding diaryl/α,β-unsaturated/α-hetero) is 1. The van der Waals surface area contributed by atoms with E-state index in [2.05, 4.69) is 34.5 Å². The Labute approximate surface area is 171 Å². The molecule has 3 N–H and O–H groups in total. The molecule has 28 heavy (non-hydrogen) atoms. The van der Waals surface area contributed by atoms with Crippen molar-refractivity contribution in [3.05, 3.63) is 65.2 Å². The third-order valence-corrected chi connectivity index (χ3v) is 5.71. The van der Waals surface area contributed by atoms with Crippen LogP contribution in [-0.4, -0.2) is 47.8 Å². The highest BCUT2D eigenvalue weighted by Gasteiger charge is 2.19. The lowest BCUT2D eigenvalue weighted by Gasteiger charge is -2.32. The Balaban J connectivity index is 1.76. The first kappa shape index (κ1) is 20.4. The van der Waals surface area contributed by atoms with E-state index in [1.807, 2.05) is 36.0 Å². The monoisotopic (exact) mass is 396 g/mol. The first-order valence-electron chi connectivity index (χ1n) is 9.69. The molecule has 0 unspecified atom stereocenters. The average molecular weight is 397 g/mol. The molecule has 3 rings (SSSR count). The number of fused-ring (bicyclic) bond motifs is 1. The van der Waals surface area contributed by atoms with Crippen LogP contribution in [0.3, 0.4) is 0 Å². The fraction of sp³-hybridized carbons (Fsp3) is 0.364. The lowest BCUT2D eigenvalue weighted by molar-refractivity contribution is 0.101. The van der Waals surface area contributed by atoms with Crippen molar-refractivity contribution in [3.63, 3.8) is 0 Å². The molecular weight excluding hydrogens is 368 g/mol. The molecule has 0 aliphatic carbocycles. The van der Waals surface area contributed by atoms with E-state index in [-0.39, 0.29) is 5.78 Å². The van der Waals surface area contributed by atoms with Gasteiger partial charge in [-0.1, -0.05) is 36.4 Å². The van der Waals surface area contributed by atoms with Gasteiger partial charge in [-0.2, -0.15) is 11.8 Å². The van der Waals surface area contributed by atoms with E-state index in [9.17, 15) is 4.79 Å². The number of carbonyl (C=O) groups excluding carboxylic acids is 1. The van der Waals surface area contributed by atoms with Gasteiger partial charge in [0.15, 0.2) is 11.7 Å². The fourth-order valence-electron chi connectivity index (χ4n) is 3.24. The Morgan fingerprint density at radius 3 is 2.79 bits per heavy atom. The zero-order valence-electron chi connectivity index (χ0n) is 16.4. The zero-order chi connectivity index (χ0) is 19.8. The van der Waals surface area contributed by atoms with Crippen LogP contribution in [0.5, 0.6) is 0 Å². The van der Waals surface area contributed by atoms with Crippen LogP contribution in [0.1, 0.15) is 28.4 Å². The minimum Gasteiger partial charge on any atom is -0.338 e. The van der Waals surface area contributed by atoms with E-state index in [0.29, 0.717) is 12.1 Å². The second-order valence-corrected chi connectivity index (χ2v) is 8.03. The largest absolute Gasteiger partial charge is 0.338 e. The highest BCUT2D eigenvalue weighted by molar-refractivity contribution is 7.99. The van der Waals surface area contributed by atoms with Gasteiger partial charge in [0.2, 0.25) is 0 Å². The molecule has 6 heteroatoms. The van der Waals surface area contributed by atoms with Gasteiger partial charge in [-0.3, -0.25) is 9.79 Å². The molecule has 1 heterocycles. The summed E-state index contributed by atoms with van der Waals surface area (Å²) in [4.78, 5) is 18.8. The van der Waals surface area contributed by atoms with Crippen molar-refractivity contribution in [2.24, 2.45) is 10.7 Å². The summed E-state index contributed by atoms with van der Waals surface area (Å²) in [7, 11) is 0. The Morgan fingerprint density at radius 2 is 2.00 bits per heavy atom. The van der Waals surface area contributed by atoms with E-state index < -0.39 is 0 Å². The minimum absolute atomic E-state index is 0.0622. The first-order chi connectivity index (χ1) is 13.7. The highest BCUT2D eigenvalue weighted by atomic mass is 32.2. The average Bonchev–Trinajstić information content (AvgIpc) is 2.72. The van der Waals surface area contributed by atoms with Crippen molar-refractivity contribution in [3.8, 4) is 0 Å². The van der Waals surface area contributed by atoms with Gasteiger partial charge in [0.1, 0.15) is 0 Å². The molecule has 0 atom stereocenters. The Kier molecular flexibility index (Phi) is 7.51. The number of ketones is 1. The summed E-state index contributed by atoms with van der Waals surface area (Å²) in [6.07, 6.45) is 1.01. The van der Waals surface area contributed by atoms with Crippen molar-refractivity contribution >= 4 is 29.2 Å². The molecule has 2 aromatic rings. The number of aliphatic imine (C=N–C) groups is 1. The van der Waals surface area contributed by atoms with Crippen LogP contribution in [0.2, 0.25) is 0 Å². The van der Waals surface area contributed by atoms with E-state index >= 15 is 0 Å². The van der Waals surface area contributed by atoms with Crippen LogP contribution in [0.25, 0.3) is 0 Å². The van der Waals surface area contributed by atoms with E-state index in [1.54, 1.807) is 6.92 Å². The molecule has 0 radical (unpaired) electrons. The maximum absolute atomic E-state index is 11.7. The number of rotatable bonds is 7. The Bertz CT molecular complexity index is 837. The van der Waals surface area contributed by atoms with Crippen LogP contribution in [0.4, 0.5) is 5.69 Å².